The highest BCUT2D eigenvalue weighted by Crippen LogP contribution is 2.20. The Kier molecular flexibility index (Phi) is 1.18. The fourth-order valence-electron chi connectivity index (χ4n) is 0.573. The molecule has 9 heavy (non-hydrogen) atoms. The van der Waals surface area contributed by atoms with Crippen LogP contribution in [0.4, 0.5) is 11.4 Å². The van der Waals surface area contributed by atoms with Crippen LogP contribution in [0.5, 0.6) is 5.75 Å². The van der Waals surface area contributed by atoms with Crippen LogP contribution in [-0.4, -0.2) is 5.11 Å². The summed E-state index contributed by atoms with van der Waals surface area (Å²) in [4.78, 5) is 0. The zero-order valence-corrected chi connectivity index (χ0v) is 4.83. The normalized spacial score (nSPS) is 9.33. The van der Waals surface area contributed by atoms with Gasteiger partial charge in [-0.25, -0.2) is 0 Å². The van der Waals surface area contributed by atoms with Crippen molar-refractivity contribution >= 4 is 11.4 Å². The zero-order chi connectivity index (χ0) is 6.85. The number of hydrogen-bond donors (Lipinski definition) is 3. The molecule has 1 aromatic rings. The Morgan fingerprint density at radius 3 is 2.33 bits per heavy atom. The highest BCUT2D eigenvalue weighted by atomic mass is 16.3. The predicted octanol–water partition coefficient (Wildman–Crippen LogP) is 0.557. The van der Waals surface area contributed by atoms with Gasteiger partial charge in [-0.1, -0.05) is 0 Å². The first-order valence-corrected chi connectivity index (χ1v) is 2.54. The minimum Gasteiger partial charge on any atom is -0.506 e. The van der Waals surface area contributed by atoms with Gasteiger partial charge in [0.25, 0.3) is 0 Å². The van der Waals surface area contributed by atoms with Crippen molar-refractivity contribution in [2.45, 2.75) is 0 Å². The zero-order valence-electron chi connectivity index (χ0n) is 4.83. The molecule has 0 aliphatic heterocycles. The number of rotatable bonds is 0. The topological polar surface area (TPSA) is 72.3 Å². The van der Waals surface area contributed by atoms with Crippen molar-refractivity contribution in [2.75, 3.05) is 11.5 Å². The average Bonchev–Trinajstić information content (AvgIpc) is 1.80. The van der Waals surface area contributed by atoms with Crippen LogP contribution in [-0.2, 0) is 0 Å². The Balaban J connectivity index is 3.17. The van der Waals surface area contributed by atoms with Crippen molar-refractivity contribution < 1.29 is 5.11 Å². The molecule has 0 spiro atoms. The molecule has 3 heteroatoms. The van der Waals surface area contributed by atoms with Gasteiger partial charge < -0.3 is 16.6 Å². The van der Waals surface area contributed by atoms with Crippen LogP contribution in [0.2, 0.25) is 0 Å². The molecule has 0 aliphatic carbocycles. The molecular formula is C6H8N2O. The summed E-state index contributed by atoms with van der Waals surface area (Å²) in [5, 5.41) is 8.86. The first-order chi connectivity index (χ1) is 4.20. The maximum Gasteiger partial charge on any atom is 0.138 e. The van der Waals surface area contributed by atoms with E-state index in [2.05, 4.69) is 0 Å². The molecule has 0 saturated heterocycles. The minimum absolute atomic E-state index is 0.0733. The summed E-state index contributed by atoms with van der Waals surface area (Å²) in [6.45, 7) is 0. The highest BCUT2D eigenvalue weighted by molar-refractivity contribution is 5.59. The second-order valence-electron chi connectivity index (χ2n) is 1.82. The lowest BCUT2D eigenvalue weighted by atomic mass is 10.3. The molecule has 3 nitrogen and oxygen atoms in total. The minimum atomic E-state index is 0.0733. The average molecular weight is 124 g/mol. The lowest BCUT2D eigenvalue weighted by Crippen LogP contribution is -1.88. The first kappa shape index (κ1) is 5.75. The van der Waals surface area contributed by atoms with Gasteiger partial charge in [-0.3, -0.25) is 0 Å². The molecule has 0 fully saturated rings. The smallest absolute Gasteiger partial charge is 0.138 e. The maximum absolute atomic E-state index is 8.86. The lowest BCUT2D eigenvalue weighted by molar-refractivity contribution is 0.478. The van der Waals surface area contributed by atoms with E-state index < -0.39 is 0 Å². The number of aromatic hydroxyl groups is 1. The Hall–Kier alpha value is -1.38. The quantitative estimate of drug-likeness (QED) is 0.269. The molecule has 1 aromatic carbocycles. The van der Waals surface area contributed by atoms with Gasteiger partial charge in [-0.05, 0) is 18.2 Å². The van der Waals surface area contributed by atoms with E-state index in [1.54, 1.807) is 6.07 Å². The van der Waals surface area contributed by atoms with Crippen LogP contribution >= 0.6 is 0 Å². The summed E-state index contributed by atoms with van der Waals surface area (Å²) >= 11 is 0. The van der Waals surface area contributed by atoms with Gasteiger partial charge in [0.1, 0.15) is 5.75 Å². The Labute approximate surface area is 52.9 Å². The van der Waals surface area contributed by atoms with Crippen molar-refractivity contribution in [3.8, 4) is 5.75 Å². The molecule has 0 aliphatic rings. The first-order valence-electron chi connectivity index (χ1n) is 2.54. The molecule has 0 amide bonds. The van der Waals surface area contributed by atoms with Crippen molar-refractivity contribution in [3.63, 3.8) is 0 Å². The second-order valence-corrected chi connectivity index (χ2v) is 1.82. The third-order valence-electron chi connectivity index (χ3n) is 1.05. The Bertz CT molecular complexity index is 222. The van der Waals surface area contributed by atoms with E-state index in [4.69, 9.17) is 16.6 Å². The molecule has 0 aromatic heterocycles. The summed E-state index contributed by atoms with van der Waals surface area (Å²) in [5.74, 6) is 0.0733. The van der Waals surface area contributed by atoms with E-state index in [9.17, 15) is 0 Å². The number of hydrogen-bond acceptors (Lipinski definition) is 3. The number of phenols is 1. The van der Waals surface area contributed by atoms with Crippen LogP contribution < -0.4 is 11.5 Å². The molecule has 0 bridgehead atoms. The summed E-state index contributed by atoms with van der Waals surface area (Å²) in [6, 6.07) is 4.56. The van der Waals surface area contributed by atoms with Gasteiger partial charge in [0.15, 0.2) is 0 Å². The fraction of sp³-hybridized carbons (Fsp3) is 0. The number of benzene rings is 1. The van der Waals surface area contributed by atoms with Crippen molar-refractivity contribution in [2.24, 2.45) is 0 Å². The Morgan fingerprint density at radius 2 is 1.89 bits per heavy atom. The molecule has 48 valence electrons. The van der Waals surface area contributed by atoms with E-state index in [1.807, 2.05) is 0 Å². The van der Waals surface area contributed by atoms with Crippen LogP contribution in [0.3, 0.4) is 0 Å². The van der Waals surface area contributed by atoms with Crippen molar-refractivity contribution in [3.05, 3.63) is 18.2 Å². The SMILES string of the molecule is Nc1ccc(O)c(N)c1. The number of nitrogen functional groups attached to an aromatic ring is 2. The number of nitrogens with two attached hydrogens (primary N) is 2. The lowest BCUT2D eigenvalue weighted by Gasteiger charge is -1.97. The van der Waals surface area contributed by atoms with E-state index in [-0.39, 0.29) is 5.75 Å². The van der Waals surface area contributed by atoms with Crippen LogP contribution in [0, 0.1) is 0 Å². The van der Waals surface area contributed by atoms with E-state index in [0.717, 1.165) is 0 Å². The summed E-state index contributed by atoms with van der Waals surface area (Å²) in [6.07, 6.45) is 0. The molecule has 0 heterocycles. The largest absolute Gasteiger partial charge is 0.506 e. The summed E-state index contributed by atoms with van der Waals surface area (Å²) in [5.41, 5.74) is 11.5. The molecule has 0 radical (unpaired) electrons. The van der Waals surface area contributed by atoms with E-state index in [0.29, 0.717) is 11.4 Å². The third-order valence-corrected chi connectivity index (χ3v) is 1.05. The van der Waals surface area contributed by atoms with Gasteiger partial charge >= 0.3 is 0 Å². The van der Waals surface area contributed by atoms with E-state index in [1.165, 1.54) is 12.1 Å². The van der Waals surface area contributed by atoms with Gasteiger partial charge in [-0.2, -0.15) is 0 Å². The fourth-order valence-corrected chi connectivity index (χ4v) is 0.573. The van der Waals surface area contributed by atoms with E-state index >= 15 is 0 Å². The summed E-state index contributed by atoms with van der Waals surface area (Å²) < 4.78 is 0. The van der Waals surface area contributed by atoms with Gasteiger partial charge in [0, 0.05) is 5.69 Å². The molecule has 0 atom stereocenters. The third kappa shape index (κ3) is 1.05. The molecule has 0 unspecified atom stereocenters. The number of phenolic OH excluding ortho intramolecular Hbond substituents is 1. The predicted molar refractivity (Wildman–Crippen MR) is 36.9 cm³/mol. The van der Waals surface area contributed by atoms with Crippen molar-refractivity contribution in [1.29, 1.82) is 0 Å². The van der Waals surface area contributed by atoms with Crippen LogP contribution in [0.25, 0.3) is 0 Å². The standard InChI is InChI=1S/C6H8N2O/c7-4-1-2-6(9)5(8)3-4/h1-3,9H,7-8H2. The van der Waals surface area contributed by atoms with Crippen molar-refractivity contribution in [1.82, 2.24) is 0 Å². The highest BCUT2D eigenvalue weighted by Gasteiger charge is 1.93. The van der Waals surface area contributed by atoms with Crippen LogP contribution in [0.1, 0.15) is 0 Å². The van der Waals surface area contributed by atoms with Crippen LogP contribution in [0.15, 0.2) is 18.2 Å². The maximum atomic E-state index is 8.86. The van der Waals surface area contributed by atoms with Gasteiger partial charge in [0.2, 0.25) is 0 Å². The van der Waals surface area contributed by atoms with Gasteiger partial charge in [-0.15, -0.1) is 0 Å². The monoisotopic (exact) mass is 124 g/mol. The van der Waals surface area contributed by atoms with Gasteiger partial charge in [0.05, 0.1) is 5.69 Å². The molecule has 0 saturated carbocycles. The summed E-state index contributed by atoms with van der Waals surface area (Å²) in [7, 11) is 0. The molecular weight excluding hydrogens is 116 g/mol. The Morgan fingerprint density at radius 1 is 1.22 bits per heavy atom. The second kappa shape index (κ2) is 1.85. The molecule has 1 rings (SSSR count). The molecule has 5 N–H and O–H groups in total. The number of anilines is 2.